The number of aliphatic carboxylic acids is 1. The fraction of sp³-hybridized carbons (Fsp3) is 0.407. The molecule has 0 aromatic heterocycles. The van der Waals surface area contributed by atoms with Gasteiger partial charge in [0.1, 0.15) is 5.84 Å². The summed E-state index contributed by atoms with van der Waals surface area (Å²) in [7, 11) is 0. The van der Waals surface area contributed by atoms with Crippen molar-refractivity contribution in [1.82, 2.24) is 4.90 Å². The smallest absolute Gasteiger partial charge is 0.304 e. The fourth-order valence-corrected chi connectivity index (χ4v) is 4.71. The molecule has 1 heterocycles. The molecule has 1 aliphatic heterocycles. The SMILES string of the molecule is N=C(N)c1ccc(CCCC(=O)C(N)[C@@H]2C[C@@H](CC(=O)O)C(=O)N2CCCc2ccccc2)cc1. The topological polar surface area (TPSA) is 151 Å². The number of amidine groups is 1. The summed E-state index contributed by atoms with van der Waals surface area (Å²) in [5.74, 6) is -2.00. The molecule has 8 heteroatoms. The highest BCUT2D eigenvalue weighted by Gasteiger charge is 2.44. The predicted octanol–water partition coefficient (Wildman–Crippen LogP) is 2.51. The molecule has 0 radical (unpaired) electrons. The first-order chi connectivity index (χ1) is 16.8. The molecular weight excluding hydrogens is 444 g/mol. The van der Waals surface area contributed by atoms with E-state index in [9.17, 15) is 19.5 Å². The van der Waals surface area contributed by atoms with Gasteiger partial charge in [-0.2, -0.15) is 0 Å². The van der Waals surface area contributed by atoms with E-state index in [-0.39, 0.29) is 36.8 Å². The highest BCUT2D eigenvalue weighted by molar-refractivity contribution is 5.94. The molecule has 1 aliphatic rings. The van der Waals surface area contributed by atoms with E-state index in [1.54, 1.807) is 17.0 Å². The van der Waals surface area contributed by atoms with E-state index in [1.807, 2.05) is 42.5 Å². The predicted molar refractivity (Wildman–Crippen MR) is 134 cm³/mol. The maximum atomic E-state index is 13.0. The van der Waals surface area contributed by atoms with Gasteiger partial charge in [-0.3, -0.25) is 19.8 Å². The van der Waals surface area contributed by atoms with E-state index in [2.05, 4.69) is 0 Å². The molecule has 0 saturated carbocycles. The normalized spacial score (nSPS) is 18.4. The van der Waals surface area contributed by atoms with E-state index in [0.717, 1.165) is 17.5 Å². The zero-order valence-electron chi connectivity index (χ0n) is 19.9. The van der Waals surface area contributed by atoms with Crippen molar-refractivity contribution in [3.05, 3.63) is 71.3 Å². The first-order valence-electron chi connectivity index (χ1n) is 12.0. The van der Waals surface area contributed by atoms with E-state index < -0.39 is 24.0 Å². The van der Waals surface area contributed by atoms with Crippen molar-refractivity contribution in [1.29, 1.82) is 5.41 Å². The minimum absolute atomic E-state index is 0.0123. The lowest BCUT2D eigenvalue weighted by molar-refractivity contribution is -0.142. The molecule has 1 unspecified atom stereocenters. The highest BCUT2D eigenvalue weighted by atomic mass is 16.4. The summed E-state index contributed by atoms with van der Waals surface area (Å²) in [6.45, 7) is 0.442. The number of likely N-dealkylation sites (tertiary alicyclic amines) is 1. The van der Waals surface area contributed by atoms with Gasteiger partial charge in [0.05, 0.1) is 24.4 Å². The molecule has 35 heavy (non-hydrogen) atoms. The molecule has 2 aromatic rings. The van der Waals surface area contributed by atoms with Gasteiger partial charge in [0.15, 0.2) is 5.78 Å². The number of nitrogens with two attached hydrogens (primary N) is 2. The third-order valence-electron chi connectivity index (χ3n) is 6.63. The average Bonchev–Trinajstić information content (AvgIpc) is 3.14. The largest absolute Gasteiger partial charge is 0.481 e. The molecule has 8 nitrogen and oxygen atoms in total. The molecule has 186 valence electrons. The zero-order chi connectivity index (χ0) is 25.4. The summed E-state index contributed by atoms with van der Waals surface area (Å²) in [5, 5.41) is 16.7. The van der Waals surface area contributed by atoms with Gasteiger partial charge in [-0.05, 0) is 43.2 Å². The Kier molecular flexibility index (Phi) is 9.14. The number of nitrogens with zero attached hydrogens (tertiary/aromatic N) is 1. The number of nitrogen functional groups attached to an aromatic ring is 1. The highest BCUT2D eigenvalue weighted by Crippen LogP contribution is 2.30. The number of carboxylic acid groups (broad SMARTS) is 1. The van der Waals surface area contributed by atoms with Crippen molar-refractivity contribution in [2.24, 2.45) is 17.4 Å². The second-order valence-electron chi connectivity index (χ2n) is 9.17. The van der Waals surface area contributed by atoms with Gasteiger partial charge >= 0.3 is 5.97 Å². The summed E-state index contributed by atoms with van der Waals surface area (Å²) >= 11 is 0. The number of hydrogen-bond donors (Lipinski definition) is 4. The van der Waals surface area contributed by atoms with E-state index in [4.69, 9.17) is 16.9 Å². The molecule has 3 rings (SSSR count). The molecule has 0 aliphatic carbocycles. The van der Waals surface area contributed by atoms with Gasteiger partial charge < -0.3 is 21.5 Å². The van der Waals surface area contributed by atoms with Crippen molar-refractivity contribution in [2.75, 3.05) is 6.54 Å². The fourth-order valence-electron chi connectivity index (χ4n) is 4.71. The molecule has 6 N–H and O–H groups in total. The summed E-state index contributed by atoms with van der Waals surface area (Å²) in [6, 6.07) is 16.0. The Bertz CT molecular complexity index is 1040. The third-order valence-corrected chi connectivity index (χ3v) is 6.63. The van der Waals surface area contributed by atoms with Crippen LogP contribution in [0.2, 0.25) is 0 Å². The number of aryl methyl sites for hydroxylation is 2. The molecule has 0 bridgehead atoms. The van der Waals surface area contributed by atoms with Crippen LogP contribution >= 0.6 is 0 Å². The van der Waals surface area contributed by atoms with Gasteiger partial charge in [-0.1, -0.05) is 54.6 Å². The van der Waals surface area contributed by atoms with Crippen molar-refractivity contribution in [3.8, 4) is 0 Å². The molecule has 1 saturated heterocycles. The Hall–Kier alpha value is -3.52. The maximum Gasteiger partial charge on any atom is 0.304 e. The third kappa shape index (κ3) is 7.23. The minimum Gasteiger partial charge on any atom is -0.481 e. The minimum atomic E-state index is -1.02. The first-order valence-corrected chi connectivity index (χ1v) is 12.0. The maximum absolute atomic E-state index is 13.0. The van der Waals surface area contributed by atoms with Crippen molar-refractivity contribution < 1.29 is 19.5 Å². The zero-order valence-corrected chi connectivity index (χ0v) is 19.9. The number of carbonyl (C=O) groups is 3. The summed E-state index contributed by atoms with van der Waals surface area (Å²) in [6.07, 6.45) is 3.11. The molecule has 0 spiro atoms. The molecular formula is C27H34N4O4. The monoisotopic (exact) mass is 478 g/mol. The standard InChI is InChI=1S/C27H34N4O4/c28-25(23(32)10-4-8-19-11-13-20(14-12-19)26(29)30)22-16-21(17-24(33)34)27(35)31(22)15-5-9-18-6-2-1-3-7-18/h1-3,6-7,11-14,21-22,25H,4-5,8-10,15-17,28H2,(H3,29,30)(H,33,34)/t21-,22-,25?/m0/s1. The Balaban J connectivity index is 1.57. The molecule has 1 amide bonds. The van der Waals surface area contributed by atoms with Crippen LogP contribution in [0, 0.1) is 11.3 Å². The van der Waals surface area contributed by atoms with Gasteiger partial charge in [0.2, 0.25) is 5.91 Å². The van der Waals surface area contributed by atoms with Crippen LogP contribution in [0.1, 0.15) is 48.8 Å². The van der Waals surface area contributed by atoms with Gasteiger partial charge in [-0.25, -0.2) is 0 Å². The number of rotatable bonds is 13. The van der Waals surface area contributed by atoms with Crippen LogP contribution in [0.4, 0.5) is 0 Å². The number of carbonyl (C=O) groups excluding carboxylic acids is 2. The Labute approximate surface area is 205 Å². The first kappa shape index (κ1) is 26.1. The van der Waals surface area contributed by atoms with E-state index in [0.29, 0.717) is 31.4 Å². The Morgan fingerprint density at radius 2 is 1.66 bits per heavy atom. The number of hydrogen-bond acceptors (Lipinski definition) is 5. The van der Waals surface area contributed by atoms with Gasteiger partial charge in [0.25, 0.3) is 0 Å². The summed E-state index contributed by atoms with van der Waals surface area (Å²) in [4.78, 5) is 38.8. The second-order valence-corrected chi connectivity index (χ2v) is 9.17. The summed E-state index contributed by atoms with van der Waals surface area (Å²) < 4.78 is 0. The Morgan fingerprint density at radius 1 is 1.03 bits per heavy atom. The van der Waals surface area contributed by atoms with Crippen molar-refractivity contribution >= 4 is 23.5 Å². The van der Waals surface area contributed by atoms with Gasteiger partial charge in [-0.15, -0.1) is 0 Å². The lowest BCUT2D eigenvalue weighted by atomic mass is 9.93. The lowest BCUT2D eigenvalue weighted by Crippen LogP contribution is -2.50. The molecule has 3 atom stereocenters. The van der Waals surface area contributed by atoms with E-state index in [1.165, 1.54) is 0 Å². The average molecular weight is 479 g/mol. The number of benzene rings is 2. The second kappa shape index (κ2) is 12.3. The number of carboxylic acids is 1. The number of Topliss-reactive ketones (excluding diaryl/α,β-unsaturated/α-hetero) is 1. The number of ketones is 1. The number of amides is 1. The van der Waals surface area contributed by atoms with Gasteiger partial charge in [0, 0.05) is 18.5 Å². The lowest BCUT2D eigenvalue weighted by Gasteiger charge is -2.29. The van der Waals surface area contributed by atoms with Crippen LogP contribution in [-0.2, 0) is 27.2 Å². The van der Waals surface area contributed by atoms with Crippen molar-refractivity contribution in [2.45, 2.75) is 57.0 Å². The van der Waals surface area contributed by atoms with Crippen molar-refractivity contribution in [3.63, 3.8) is 0 Å². The van der Waals surface area contributed by atoms with Crippen LogP contribution in [0.15, 0.2) is 54.6 Å². The van der Waals surface area contributed by atoms with E-state index >= 15 is 0 Å². The van der Waals surface area contributed by atoms with Crippen LogP contribution in [0.3, 0.4) is 0 Å². The quantitative estimate of drug-likeness (QED) is 0.257. The number of nitrogens with one attached hydrogen (secondary N) is 1. The molecule has 1 fully saturated rings. The Morgan fingerprint density at radius 3 is 2.29 bits per heavy atom. The van der Waals surface area contributed by atoms with Crippen LogP contribution in [-0.4, -0.2) is 52.1 Å². The van der Waals surface area contributed by atoms with Crippen LogP contribution in [0.5, 0.6) is 0 Å². The molecule has 2 aromatic carbocycles. The van der Waals surface area contributed by atoms with Crippen LogP contribution < -0.4 is 11.5 Å². The summed E-state index contributed by atoms with van der Waals surface area (Å²) in [5.41, 5.74) is 14.7. The van der Waals surface area contributed by atoms with Crippen LogP contribution in [0.25, 0.3) is 0 Å².